The van der Waals surface area contributed by atoms with Crippen LogP contribution in [0, 0.1) is 13.8 Å². The Kier molecular flexibility index (Phi) is 4.48. The quantitative estimate of drug-likeness (QED) is 0.912. The molecular formula is C19H25NO. The normalized spacial score (nSPS) is 13.2. The molecule has 0 saturated carbocycles. The molecule has 21 heavy (non-hydrogen) atoms. The lowest BCUT2D eigenvalue weighted by Gasteiger charge is -2.19. The van der Waals surface area contributed by atoms with Crippen LogP contribution in [0.25, 0.3) is 0 Å². The van der Waals surface area contributed by atoms with Crippen LogP contribution in [0.3, 0.4) is 0 Å². The summed E-state index contributed by atoms with van der Waals surface area (Å²) in [6.07, 6.45) is 0.152. The molecule has 0 saturated heterocycles. The Bertz CT molecular complexity index is 588. The van der Waals surface area contributed by atoms with Gasteiger partial charge in [-0.15, -0.1) is 0 Å². The van der Waals surface area contributed by atoms with E-state index in [1.165, 1.54) is 5.56 Å². The van der Waals surface area contributed by atoms with Gasteiger partial charge in [0, 0.05) is 17.8 Å². The second-order valence-corrected chi connectivity index (χ2v) is 6.85. The molecule has 0 aliphatic carbocycles. The molecule has 1 N–H and O–H groups in total. The second kappa shape index (κ2) is 5.98. The van der Waals surface area contributed by atoms with Gasteiger partial charge in [0.05, 0.1) is 6.10 Å². The zero-order valence-corrected chi connectivity index (χ0v) is 13.6. The fourth-order valence-electron chi connectivity index (χ4n) is 2.54. The molecule has 1 heterocycles. The molecule has 0 bridgehead atoms. The minimum absolute atomic E-state index is 0.163. The summed E-state index contributed by atoms with van der Waals surface area (Å²) in [6, 6.07) is 12.5. The average molecular weight is 283 g/mol. The smallest absolute Gasteiger partial charge is 0.0831 e. The molecular weight excluding hydrogens is 258 g/mol. The number of pyridine rings is 1. The summed E-state index contributed by atoms with van der Waals surface area (Å²) in [7, 11) is 0. The Hall–Kier alpha value is -1.67. The molecule has 0 spiro atoms. The van der Waals surface area contributed by atoms with Crippen molar-refractivity contribution in [3.63, 3.8) is 0 Å². The molecule has 1 atom stereocenters. The largest absolute Gasteiger partial charge is 0.388 e. The van der Waals surface area contributed by atoms with Gasteiger partial charge in [0.15, 0.2) is 0 Å². The summed E-state index contributed by atoms with van der Waals surface area (Å²) in [5.41, 5.74) is 5.48. The van der Waals surface area contributed by atoms with Crippen LogP contribution in [0.15, 0.2) is 36.4 Å². The van der Waals surface area contributed by atoms with Gasteiger partial charge in [-0.25, -0.2) is 0 Å². The zero-order valence-electron chi connectivity index (χ0n) is 13.6. The van der Waals surface area contributed by atoms with E-state index in [-0.39, 0.29) is 5.41 Å². The number of hydrogen-bond acceptors (Lipinski definition) is 2. The third kappa shape index (κ3) is 4.15. The van der Waals surface area contributed by atoms with Crippen LogP contribution in [0.4, 0.5) is 0 Å². The lowest BCUT2D eigenvalue weighted by Crippen LogP contribution is -2.11. The van der Waals surface area contributed by atoms with Gasteiger partial charge >= 0.3 is 0 Å². The molecule has 1 unspecified atom stereocenters. The molecule has 2 nitrogen and oxygen atoms in total. The molecule has 0 fully saturated rings. The van der Waals surface area contributed by atoms with Crippen molar-refractivity contribution >= 4 is 0 Å². The van der Waals surface area contributed by atoms with E-state index in [9.17, 15) is 5.11 Å². The first-order valence-corrected chi connectivity index (χ1v) is 7.48. The van der Waals surface area contributed by atoms with Gasteiger partial charge in [-0.1, -0.05) is 45.0 Å². The van der Waals surface area contributed by atoms with Crippen molar-refractivity contribution in [3.05, 3.63) is 64.5 Å². The molecule has 1 aromatic heterocycles. The number of aliphatic hydroxyl groups excluding tert-OH is 1. The van der Waals surface area contributed by atoms with Crippen molar-refractivity contribution in [1.29, 1.82) is 0 Å². The first-order chi connectivity index (χ1) is 9.75. The van der Waals surface area contributed by atoms with Gasteiger partial charge in [0.25, 0.3) is 0 Å². The Morgan fingerprint density at radius 1 is 1.00 bits per heavy atom. The molecule has 0 radical (unpaired) electrons. The fraction of sp³-hybridized carbons (Fsp3) is 0.421. The molecule has 1 aromatic carbocycles. The number of hydrogen-bond donors (Lipinski definition) is 1. The lowest BCUT2D eigenvalue weighted by atomic mass is 9.86. The number of rotatable bonds is 3. The zero-order chi connectivity index (χ0) is 15.6. The Morgan fingerprint density at radius 2 is 1.52 bits per heavy atom. The van der Waals surface area contributed by atoms with E-state index in [4.69, 9.17) is 0 Å². The van der Waals surface area contributed by atoms with Crippen LogP contribution in [0.1, 0.15) is 55.0 Å². The van der Waals surface area contributed by atoms with Crippen LogP contribution in [0.2, 0.25) is 0 Å². The number of benzene rings is 1. The standard InChI is InChI=1S/C19H25NO/c1-13-10-16(11-14(2)20-13)18(21)12-15-6-8-17(9-7-15)19(3,4)5/h6-11,18,21H,12H2,1-5H3. The van der Waals surface area contributed by atoms with Crippen molar-refractivity contribution in [3.8, 4) is 0 Å². The third-order valence-electron chi connectivity index (χ3n) is 3.74. The maximum absolute atomic E-state index is 10.4. The highest BCUT2D eigenvalue weighted by Gasteiger charge is 2.14. The van der Waals surface area contributed by atoms with Crippen molar-refractivity contribution in [2.75, 3.05) is 0 Å². The highest BCUT2D eigenvalue weighted by atomic mass is 16.3. The molecule has 0 aliphatic rings. The second-order valence-electron chi connectivity index (χ2n) is 6.85. The van der Waals surface area contributed by atoms with Gasteiger partial charge in [-0.3, -0.25) is 4.98 Å². The SMILES string of the molecule is Cc1cc(C(O)Cc2ccc(C(C)(C)C)cc2)cc(C)n1. The van der Waals surface area contributed by atoms with Gasteiger partial charge < -0.3 is 5.11 Å². The van der Waals surface area contributed by atoms with Gasteiger partial charge in [-0.2, -0.15) is 0 Å². The van der Waals surface area contributed by atoms with Gasteiger partial charge in [0.2, 0.25) is 0 Å². The fourth-order valence-corrected chi connectivity index (χ4v) is 2.54. The van der Waals surface area contributed by atoms with Crippen LogP contribution < -0.4 is 0 Å². The maximum atomic E-state index is 10.4. The highest BCUT2D eigenvalue weighted by molar-refractivity contribution is 5.30. The number of aliphatic hydroxyl groups is 1. The van der Waals surface area contributed by atoms with E-state index in [1.807, 2.05) is 26.0 Å². The predicted octanol–water partition coefficient (Wildman–Crippen LogP) is 4.27. The summed E-state index contributed by atoms with van der Waals surface area (Å²) in [5, 5.41) is 10.4. The summed E-state index contributed by atoms with van der Waals surface area (Å²) in [5.74, 6) is 0. The first kappa shape index (κ1) is 15.7. The minimum Gasteiger partial charge on any atom is -0.388 e. The van der Waals surface area contributed by atoms with E-state index in [1.54, 1.807) is 0 Å². The molecule has 2 rings (SSSR count). The van der Waals surface area contributed by atoms with Gasteiger partial charge in [0.1, 0.15) is 0 Å². The monoisotopic (exact) mass is 283 g/mol. The molecule has 0 amide bonds. The van der Waals surface area contributed by atoms with Crippen LogP contribution >= 0.6 is 0 Å². The van der Waals surface area contributed by atoms with E-state index in [0.29, 0.717) is 6.42 Å². The number of aromatic nitrogens is 1. The molecule has 2 heteroatoms. The number of aryl methyl sites for hydroxylation is 2. The van der Waals surface area contributed by atoms with Gasteiger partial charge in [-0.05, 0) is 48.1 Å². The molecule has 112 valence electrons. The summed E-state index contributed by atoms with van der Waals surface area (Å²) in [4.78, 5) is 4.35. The van der Waals surface area contributed by atoms with E-state index >= 15 is 0 Å². The number of nitrogens with zero attached hydrogens (tertiary/aromatic N) is 1. The van der Waals surface area contributed by atoms with Crippen molar-refractivity contribution < 1.29 is 5.11 Å². The first-order valence-electron chi connectivity index (χ1n) is 7.48. The summed E-state index contributed by atoms with van der Waals surface area (Å²) < 4.78 is 0. The minimum atomic E-state index is -0.481. The third-order valence-corrected chi connectivity index (χ3v) is 3.74. The summed E-state index contributed by atoms with van der Waals surface area (Å²) in [6.45, 7) is 10.5. The highest BCUT2D eigenvalue weighted by Crippen LogP contribution is 2.24. The summed E-state index contributed by atoms with van der Waals surface area (Å²) >= 11 is 0. The maximum Gasteiger partial charge on any atom is 0.0831 e. The van der Waals surface area contributed by atoms with E-state index < -0.39 is 6.10 Å². The molecule has 0 aliphatic heterocycles. The van der Waals surface area contributed by atoms with Crippen LogP contribution in [-0.4, -0.2) is 10.1 Å². The van der Waals surface area contributed by atoms with Crippen LogP contribution in [-0.2, 0) is 11.8 Å². The Labute approximate surface area is 127 Å². The average Bonchev–Trinajstić information content (AvgIpc) is 2.37. The van der Waals surface area contributed by atoms with Crippen molar-refractivity contribution in [2.24, 2.45) is 0 Å². The topological polar surface area (TPSA) is 33.1 Å². The van der Waals surface area contributed by atoms with Crippen LogP contribution in [0.5, 0.6) is 0 Å². The van der Waals surface area contributed by atoms with Crippen molar-refractivity contribution in [1.82, 2.24) is 4.98 Å². The predicted molar refractivity (Wildman–Crippen MR) is 87.5 cm³/mol. The molecule has 2 aromatic rings. The lowest BCUT2D eigenvalue weighted by molar-refractivity contribution is 0.178. The van der Waals surface area contributed by atoms with Crippen molar-refractivity contribution in [2.45, 2.75) is 52.6 Å². The Balaban J connectivity index is 2.14. The Morgan fingerprint density at radius 3 is 2.00 bits per heavy atom. The van der Waals surface area contributed by atoms with E-state index in [0.717, 1.165) is 22.5 Å². The van der Waals surface area contributed by atoms with E-state index in [2.05, 4.69) is 50.0 Å².